The molecule has 2 aromatic heterocycles. The summed E-state index contributed by atoms with van der Waals surface area (Å²) < 4.78 is 0. The first-order valence-electron chi connectivity index (χ1n) is 9.59. The highest BCUT2D eigenvalue weighted by molar-refractivity contribution is 7.09. The predicted molar refractivity (Wildman–Crippen MR) is 116 cm³/mol. The second-order valence-corrected chi connectivity index (χ2v) is 7.87. The number of aromatic amines is 1. The van der Waals surface area contributed by atoms with E-state index < -0.39 is 0 Å². The molecule has 0 saturated heterocycles. The van der Waals surface area contributed by atoms with Crippen molar-refractivity contribution in [1.29, 1.82) is 0 Å². The van der Waals surface area contributed by atoms with Crippen molar-refractivity contribution in [2.45, 2.75) is 46.1 Å². The molecular formula is C21H29N5S. The molecule has 1 aromatic carbocycles. The van der Waals surface area contributed by atoms with Gasteiger partial charge < -0.3 is 15.6 Å². The quantitative estimate of drug-likeness (QED) is 0.423. The van der Waals surface area contributed by atoms with Gasteiger partial charge in [-0.3, -0.25) is 4.99 Å². The maximum atomic E-state index is 4.66. The molecule has 0 aliphatic rings. The van der Waals surface area contributed by atoms with Crippen molar-refractivity contribution in [3.63, 3.8) is 0 Å². The van der Waals surface area contributed by atoms with Gasteiger partial charge >= 0.3 is 0 Å². The number of nitrogens with one attached hydrogen (secondary N) is 3. The number of aryl methyl sites for hydroxylation is 1. The Hall–Kier alpha value is -2.34. The first-order valence-corrected chi connectivity index (χ1v) is 10.5. The summed E-state index contributed by atoms with van der Waals surface area (Å²) in [5.41, 5.74) is 5.13. The predicted octanol–water partition coefficient (Wildman–Crippen LogP) is 4.22. The van der Waals surface area contributed by atoms with Crippen molar-refractivity contribution < 1.29 is 0 Å². The lowest BCUT2D eigenvalue weighted by Crippen LogP contribution is -2.37. The molecule has 27 heavy (non-hydrogen) atoms. The molecule has 0 aliphatic carbocycles. The van der Waals surface area contributed by atoms with Crippen LogP contribution >= 0.6 is 11.3 Å². The van der Waals surface area contributed by atoms with E-state index in [-0.39, 0.29) is 0 Å². The zero-order valence-electron chi connectivity index (χ0n) is 16.6. The number of aromatic nitrogens is 2. The van der Waals surface area contributed by atoms with Crippen LogP contribution in [-0.4, -0.2) is 29.5 Å². The third-order valence-electron chi connectivity index (χ3n) is 4.75. The number of rotatable bonds is 7. The highest BCUT2D eigenvalue weighted by atomic mass is 32.1. The van der Waals surface area contributed by atoms with E-state index in [2.05, 4.69) is 76.1 Å². The van der Waals surface area contributed by atoms with E-state index in [1.807, 2.05) is 0 Å². The van der Waals surface area contributed by atoms with Crippen molar-refractivity contribution >= 4 is 28.2 Å². The Bertz CT molecular complexity index is 906. The van der Waals surface area contributed by atoms with Crippen molar-refractivity contribution in [3.05, 3.63) is 51.6 Å². The Kier molecular flexibility index (Phi) is 6.50. The van der Waals surface area contributed by atoms with Crippen LogP contribution in [0.3, 0.4) is 0 Å². The van der Waals surface area contributed by atoms with Crippen LogP contribution in [0.25, 0.3) is 10.9 Å². The first-order chi connectivity index (χ1) is 13.1. The molecule has 3 rings (SSSR count). The van der Waals surface area contributed by atoms with Gasteiger partial charge in [0.2, 0.25) is 0 Å². The zero-order chi connectivity index (χ0) is 19.2. The number of aliphatic imine (C=N–C) groups is 1. The molecule has 0 spiro atoms. The number of thiazole rings is 1. The molecule has 0 amide bonds. The molecule has 6 heteroatoms. The van der Waals surface area contributed by atoms with Crippen LogP contribution in [-0.2, 0) is 19.4 Å². The molecule has 0 aliphatic heterocycles. The zero-order valence-corrected chi connectivity index (χ0v) is 17.4. The van der Waals surface area contributed by atoms with Gasteiger partial charge in [0.15, 0.2) is 5.96 Å². The number of nitrogens with zero attached hydrogens (tertiary/aromatic N) is 2. The molecule has 0 bridgehead atoms. The van der Waals surface area contributed by atoms with Gasteiger partial charge in [0.05, 0.1) is 12.2 Å². The Morgan fingerprint density at radius 3 is 2.81 bits per heavy atom. The lowest BCUT2D eigenvalue weighted by Gasteiger charge is -2.10. The minimum atomic E-state index is 0.469. The van der Waals surface area contributed by atoms with Crippen molar-refractivity contribution in [2.24, 2.45) is 4.99 Å². The molecule has 5 nitrogen and oxygen atoms in total. The van der Waals surface area contributed by atoms with Crippen LogP contribution < -0.4 is 10.6 Å². The molecule has 0 unspecified atom stereocenters. The Morgan fingerprint density at radius 1 is 1.26 bits per heavy atom. The van der Waals surface area contributed by atoms with Gasteiger partial charge in [0, 0.05) is 36.1 Å². The molecule has 0 atom stereocenters. The summed E-state index contributed by atoms with van der Waals surface area (Å²) >= 11 is 1.70. The smallest absolute Gasteiger partial charge is 0.191 e. The topological polar surface area (TPSA) is 65.1 Å². The number of guanidine groups is 1. The van der Waals surface area contributed by atoms with Crippen LogP contribution in [0.1, 0.15) is 48.5 Å². The average molecular weight is 384 g/mol. The minimum Gasteiger partial charge on any atom is -0.361 e. The van der Waals surface area contributed by atoms with Crippen molar-refractivity contribution in [2.75, 3.05) is 13.6 Å². The molecule has 0 saturated carbocycles. The van der Waals surface area contributed by atoms with Crippen LogP contribution in [0.5, 0.6) is 0 Å². The standard InChI is InChI=1S/C21H29N5S/c1-5-15-7-6-8-17-16(11-24-20(15)17)9-10-23-21(22-4)25-12-19-26-18(13-27-19)14(2)3/h6-8,11,13-14,24H,5,9-10,12H2,1-4H3,(H2,22,23,25). The number of hydrogen-bond acceptors (Lipinski definition) is 3. The largest absolute Gasteiger partial charge is 0.361 e. The molecular weight excluding hydrogens is 354 g/mol. The fraction of sp³-hybridized carbons (Fsp3) is 0.429. The second-order valence-electron chi connectivity index (χ2n) is 6.93. The Balaban J connectivity index is 1.53. The van der Waals surface area contributed by atoms with Crippen molar-refractivity contribution in [1.82, 2.24) is 20.6 Å². The maximum absolute atomic E-state index is 4.66. The fourth-order valence-corrected chi connectivity index (χ4v) is 4.04. The monoisotopic (exact) mass is 383 g/mol. The summed E-state index contributed by atoms with van der Waals surface area (Å²) in [6.07, 6.45) is 4.12. The molecule has 0 radical (unpaired) electrons. The van der Waals surface area contributed by atoms with Gasteiger partial charge in [-0.25, -0.2) is 4.98 Å². The third-order valence-corrected chi connectivity index (χ3v) is 5.61. The number of hydrogen-bond donors (Lipinski definition) is 3. The van der Waals surface area contributed by atoms with E-state index in [1.165, 1.54) is 22.0 Å². The summed E-state index contributed by atoms with van der Waals surface area (Å²) in [7, 11) is 1.80. The van der Waals surface area contributed by atoms with Gasteiger partial charge in [-0.05, 0) is 29.9 Å². The van der Waals surface area contributed by atoms with Crippen LogP contribution in [0.4, 0.5) is 0 Å². The number of fused-ring (bicyclic) bond motifs is 1. The number of benzene rings is 1. The van der Waals surface area contributed by atoms with Gasteiger partial charge in [-0.2, -0.15) is 0 Å². The summed E-state index contributed by atoms with van der Waals surface area (Å²) in [6.45, 7) is 8.06. The summed E-state index contributed by atoms with van der Waals surface area (Å²) in [6, 6.07) is 6.53. The normalized spacial score (nSPS) is 12.1. The van der Waals surface area contributed by atoms with Gasteiger partial charge in [0.1, 0.15) is 5.01 Å². The average Bonchev–Trinajstić information content (AvgIpc) is 3.31. The summed E-state index contributed by atoms with van der Waals surface area (Å²) in [5, 5.41) is 11.3. The first kappa shape index (κ1) is 19.4. The fourth-order valence-electron chi connectivity index (χ4n) is 3.14. The Morgan fingerprint density at radius 2 is 2.11 bits per heavy atom. The summed E-state index contributed by atoms with van der Waals surface area (Å²) in [4.78, 5) is 12.4. The van der Waals surface area contributed by atoms with Crippen LogP contribution in [0.15, 0.2) is 34.8 Å². The van der Waals surface area contributed by atoms with E-state index >= 15 is 0 Å². The highest BCUT2D eigenvalue weighted by Crippen LogP contribution is 2.22. The van der Waals surface area contributed by atoms with E-state index in [0.717, 1.165) is 36.0 Å². The number of H-pyrrole nitrogens is 1. The molecule has 0 fully saturated rings. The third kappa shape index (κ3) is 4.69. The van der Waals surface area contributed by atoms with E-state index in [1.54, 1.807) is 18.4 Å². The highest BCUT2D eigenvalue weighted by Gasteiger charge is 2.08. The number of para-hydroxylation sites is 1. The summed E-state index contributed by atoms with van der Waals surface area (Å²) in [5.74, 6) is 1.28. The van der Waals surface area contributed by atoms with Crippen LogP contribution in [0.2, 0.25) is 0 Å². The van der Waals surface area contributed by atoms with E-state index in [4.69, 9.17) is 0 Å². The van der Waals surface area contributed by atoms with Crippen LogP contribution in [0, 0.1) is 0 Å². The Labute approximate surface area is 165 Å². The molecule has 3 aromatic rings. The van der Waals surface area contributed by atoms with Gasteiger partial charge in [0.25, 0.3) is 0 Å². The van der Waals surface area contributed by atoms with Crippen molar-refractivity contribution in [3.8, 4) is 0 Å². The van der Waals surface area contributed by atoms with Gasteiger partial charge in [-0.15, -0.1) is 11.3 Å². The van der Waals surface area contributed by atoms with Gasteiger partial charge in [-0.1, -0.05) is 39.0 Å². The SMILES string of the molecule is CCc1cccc2c(CCNC(=NC)NCc3nc(C(C)C)cs3)c[nH]c12. The lowest BCUT2D eigenvalue weighted by atomic mass is 10.1. The molecule has 2 heterocycles. The molecule has 144 valence electrons. The van der Waals surface area contributed by atoms with E-state index in [0.29, 0.717) is 12.5 Å². The van der Waals surface area contributed by atoms with E-state index in [9.17, 15) is 0 Å². The minimum absolute atomic E-state index is 0.469. The lowest BCUT2D eigenvalue weighted by molar-refractivity contribution is 0.779. The maximum Gasteiger partial charge on any atom is 0.191 e. The second kappa shape index (κ2) is 9.04. The molecule has 3 N–H and O–H groups in total.